The number of anilines is 2. The van der Waals surface area contributed by atoms with E-state index in [9.17, 15) is 23.2 Å². The fourth-order valence-corrected chi connectivity index (χ4v) is 6.15. The second kappa shape index (κ2) is 13.4. The number of aromatic nitrogens is 1. The maximum atomic E-state index is 14.5. The molecule has 1 aliphatic carbocycles. The third kappa shape index (κ3) is 6.76. The molecule has 12 heteroatoms. The van der Waals surface area contributed by atoms with Crippen LogP contribution < -0.4 is 21.3 Å². The van der Waals surface area contributed by atoms with Crippen molar-refractivity contribution in [2.75, 3.05) is 23.8 Å². The highest BCUT2D eigenvalue weighted by atomic mass is 32.1. The van der Waals surface area contributed by atoms with Crippen LogP contribution in [-0.4, -0.2) is 47.4 Å². The second-order valence-electron chi connectivity index (χ2n) is 10.6. The Morgan fingerprint density at radius 1 is 1.02 bits per heavy atom. The SMILES string of the molecule is Nc1c(C(=O)NC2CCCCC2)nsc1C(=O)N(c1cccc(F)c1)[C@H](C(=O)NC[C@H]1CCCO1)c1ccc(F)cc1. The summed E-state index contributed by atoms with van der Waals surface area (Å²) in [7, 11) is 0. The summed E-state index contributed by atoms with van der Waals surface area (Å²) in [5.74, 6) is -2.97. The number of nitrogens with zero attached hydrogens (tertiary/aromatic N) is 2. The monoisotopic (exact) mass is 597 g/mol. The van der Waals surface area contributed by atoms with E-state index in [0.29, 0.717) is 6.61 Å². The van der Waals surface area contributed by atoms with Crippen LogP contribution in [0.4, 0.5) is 20.2 Å². The van der Waals surface area contributed by atoms with Gasteiger partial charge in [0.1, 0.15) is 22.6 Å². The highest BCUT2D eigenvalue weighted by molar-refractivity contribution is 7.09. The molecule has 0 bridgehead atoms. The van der Waals surface area contributed by atoms with Crippen LogP contribution in [0.2, 0.25) is 0 Å². The molecule has 5 rings (SSSR count). The van der Waals surface area contributed by atoms with Crippen molar-refractivity contribution in [3.05, 3.63) is 76.3 Å². The van der Waals surface area contributed by atoms with Crippen molar-refractivity contribution < 1.29 is 27.9 Å². The summed E-state index contributed by atoms with van der Waals surface area (Å²) in [6.45, 7) is 0.799. The average Bonchev–Trinajstić information content (AvgIpc) is 3.65. The highest BCUT2D eigenvalue weighted by Crippen LogP contribution is 2.34. The van der Waals surface area contributed by atoms with Crippen molar-refractivity contribution in [1.82, 2.24) is 15.0 Å². The standard InChI is InChI=1S/C30H33F2N5O4S/c31-19-13-11-18(12-14-19)26(29(39)34-17-23-10-5-15-41-23)37(22-9-4-6-20(32)16-22)30(40)27-24(33)25(36-42-27)28(38)35-21-7-2-1-3-8-21/h4,6,9,11-14,16,21,23,26H,1-3,5,7-8,10,15,17,33H2,(H,34,39)(H,35,38)/t23-,26+/m1/s1. The molecular weight excluding hydrogens is 564 g/mol. The number of nitrogens with one attached hydrogen (secondary N) is 2. The molecule has 2 aromatic carbocycles. The lowest BCUT2D eigenvalue weighted by Gasteiger charge is -2.31. The molecule has 1 aromatic heterocycles. The van der Waals surface area contributed by atoms with E-state index in [-0.39, 0.29) is 46.2 Å². The molecular formula is C30H33F2N5O4S. The molecule has 0 radical (unpaired) electrons. The van der Waals surface area contributed by atoms with Crippen LogP contribution in [0, 0.1) is 11.6 Å². The Morgan fingerprint density at radius 2 is 1.79 bits per heavy atom. The van der Waals surface area contributed by atoms with Crippen molar-refractivity contribution in [2.45, 2.75) is 63.1 Å². The zero-order chi connectivity index (χ0) is 29.6. The van der Waals surface area contributed by atoms with Gasteiger partial charge in [-0.25, -0.2) is 8.78 Å². The van der Waals surface area contributed by atoms with Crippen molar-refractivity contribution in [3.63, 3.8) is 0 Å². The fraction of sp³-hybridized carbons (Fsp3) is 0.400. The van der Waals surface area contributed by atoms with E-state index in [0.717, 1.165) is 67.4 Å². The number of nitrogens with two attached hydrogens (primary N) is 1. The maximum absolute atomic E-state index is 14.5. The van der Waals surface area contributed by atoms with Crippen LogP contribution in [0.1, 0.15) is 76.7 Å². The quantitative estimate of drug-likeness (QED) is 0.327. The number of halogens is 2. The van der Waals surface area contributed by atoms with E-state index in [1.54, 1.807) is 0 Å². The smallest absolute Gasteiger partial charge is 0.273 e. The average molecular weight is 598 g/mol. The van der Waals surface area contributed by atoms with Crippen molar-refractivity contribution >= 4 is 40.6 Å². The van der Waals surface area contributed by atoms with Gasteiger partial charge in [-0.2, -0.15) is 4.37 Å². The van der Waals surface area contributed by atoms with E-state index in [4.69, 9.17) is 10.5 Å². The molecule has 0 unspecified atom stereocenters. The van der Waals surface area contributed by atoms with Gasteiger partial charge in [0.2, 0.25) is 5.91 Å². The van der Waals surface area contributed by atoms with Gasteiger partial charge in [-0.3, -0.25) is 19.3 Å². The van der Waals surface area contributed by atoms with Gasteiger partial charge in [-0.15, -0.1) is 0 Å². The molecule has 2 atom stereocenters. The molecule has 4 N–H and O–H groups in total. The van der Waals surface area contributed by atoms with Crippen LogP contribution in [-0.2, 0) is 9.53 Å². The Hall–Kier alpha value is -3.90. The van der Waals surface area contributed by atoms with Crippen molar-refractivity contribution in [1.29, 1.82) is 0 Å². The van der Waals surface area contributed by atoms with Crippen LogP contribution in [0.5, 0.6) is 0 Å². The first-order chi connectivity index (χ1) is 20.3. The Labute approximate surface area is 246 Å². The minimum Gasteiger partial charge on any atom is -0.395 e. The molecule has 1 saturated carbocycles. The van der Waals surface area contributed by atoms with Crippen LogP contribution >= 0.6 is 11.5 Å². The largest absolute Gasteiger partial charge is 0.395 e. The van der Waals surface area contributed by atoms with Gasteiger partial charge in [0, 0.05) is 24.9 Å². The third-order valence-corrected chi connectivity index (χ3v) is 8.45. The molecule has 42 heavy (non-hydrogen) atoms. The van der Waals surface area contributed by atoms with E-state index in [1.807, 2.05) is 0 Å². The lowest BCUT2D eigenvalue weighted by Crippen LogP contribution is -2.45. The summed E-state index contributed by atoms with van der Waals surface area (Å²) in [4.78, 5) is 42.1. The minimum absolute atomic E-state index is 0.00527. The molecule has 222 valence electrons. The third-order valence-electron chi connectivity index (χ3n) is 7.60. The molecule has 2 heterocycles. The molecule has 1 saturated heterocycles. The summed E-state index contributed by atoms with van der Waals surface area (Å²) >= 11 is 0.730. The first-order valence-corrected chi connectivity index (χ1v) is 14.9. The highest BCUT2D eigenvalue weighted by Gasteiger charge is 2.37. The summed E-state index contributed by atoms with van der Waals surface area (Å²) in [5.41, 5.74) is 6.49. The lowest BCUT2D eigenvalue weighted by molar-refractivity contribution is -0.123. The number of hydrogen-bond donors (Lipinski definition) is 3. The van der Waals surface area contributed by atoms with E-state index < -0.39 is 35.4 Å². The van der Waals surface area contributed by atoms with E-state index >= 15 is 0 Å². The summed E-state index contributed by atoms with van der Waals surface area (Å²) in [6.07, 6.45) is 6.34. The van der Waals surface area contributed by atoms with Gasteiger partial charge >= 0.3 is 0 Å². The summed E-state index contributed by atoms with van der Waals surface area (Å²) in [6, 6.07) is 9.05. The van der Waals surface area contributed by atoms with Gasteiger partial charge in [0.05, 0.1) is 11.8 Å². The van der Waals surface area contributed by atoms with Gasteiger partial charge in [0.25, 0.3) is 11.8 Å². The number of ether oxygens (including phenoxy) is 1. The molecule has 2 fully saturated rings. The molecule has 1 aliphatic heterocycles. The number of benzene rings is 2. The normalized spacial score (nSPS) is 17.9. The van der Waals surface area contributed by atoms with E-state index in [1.165, 1.54) is 42.5 Å². The van der Waals surface area contributed by atoms with Crippen LogP contribution in [0.15, 0.2) is 48.5 Å². The maximum Gasteiger partial charge on any atom is 0.273 e. The Balaban J connectivity index is 1.50. The topological polar surface area (TPSA) is 127 Å². The Bertz CT molecular complexity index is 1420. The summed E-state index contributed by atoms with van der Waals surface area (Å²) < 4.78 is 38.2. The molecule has 3 aromatic rings. The van der Waals surface area contributed by atoms with Gasteiger partial charge in [-0.1, -0.05) is 37.5 Å². The Morgan fingerprint density at radius 3 is 2.48 bits per heavy atom. The van der Waals surface area contributed by atoms with Crippen molar-refractivity contribution in [2.24, 2.45) is 0 Å². The molecule has 0 spiro atoms. The van der Waals surface area contributed by atoms with Gasteiger partial charge < -0.3 is 21.1 Å². The fourth-order valence-electron chi connectivity index (χ4n) is 5.41. The first kappa shape index (κ1) is 29.6. The molecule has 9 nitrogen and oxygen atoms in total. The number of carbonyl (C=O) groups excluding carboxylic acids is 3. The van der Waals surface area contributed by atoms with Crippen LogP contribution in [0.3, 0.4) is 0 Å². The number of amides is 3. The molecule has 3 amide bonds. The Kier molecular flexibility index (Phi) is 9.43. The van der Waals surface area contributed by atoms with Gasteiger partial charge in [0.15, 0.2) is 5.69 Å². The second-order valence-corrected chi connectivity index (χ2v) is 11.3. The zero-order valence-electron chi connectivity index (χ0n) is 23.0. The number of rotatable bonds is 9. The predicted molar refractivity (Wildman–Crippen MR) is 155 cm³/mol. The number of hydrogen-bond acceptors (Lipinski definition) is 7. The van der Waals surface area contributed by atoms with Crippen molar-refractivity contribution in [3.8, 4) is 0 Å². The van der Waals surface area contributed by atoms with Gasteiger partial charge in [-0.05, 0) is 73.1 Å². The number of nitrogen functional groups attached to an aromatic ring is 1. The van der Waals surface area contributed by atoms with E-state index in [2.05, 4.69) is 15.0 Å². The first-order valence-electron chi connectivity index (χ1n) is 14.1. The minimum atomic E-state index is -1.33. The zero-order valence-corrected chi connectivity index (χ0v) is 23.8. The predicted octanol–water partition coefficient (Wildman–Crippen LogP) is 4.75. The van der Waals surface area contributed by atoms with Crippen LogP contribution in [0.25, 0.3) is 0 Å². The lowest BCUT2D eigenvalue weighted by atomic mass is 9.95. The summed E-state index contributed by atoms with van der Waals surface area (Å²) in [5, 5.41) is 5.79. The molecule has 2 aliphatic rings. The number of carbonyl (C=O) groups is 3.